The van der Waals surface area contributed by atoms with Crippen LogP contribution in [-0.2, 0) is 4.79 Å². The first kappa shape index (κ1) is 13.8. The molecule has 2 heterocycles. The van der Waals surface area contributed by atoms with Gasteiger partial charge in [0.05, 0.1) is 5.54 Å². The highest BCUT2D eigenvalue weighted by Gasteiger charge is 2.42. The lowest BCUT2D eigenvalue weighted by atomic mass is 9.88. The minimum Gasteiger partial charge on any atom is -0.341 e. The maximum absolute atomic E-state index is 12.7. The number of carbonyl (C=O) groups excluding carboxylic acids is 1. The molecule has 0 aromatic rings. The van der Waals surface area contributed by atoms with Gasteiger partial charge in [0.25, 0.3) is 0 Å². The molecular weight excluding hydrogens is 226 g/mol. The molecule has 0 aliphatic carbocycles. The summed E-state index contributed by atoms with van der Waals surface area (Å²) in [6.45, 7) is 6.94. The summed E-state index contributed by atoms with van der Waals surface area (Å²) in [5, 5.41) is 3.43. The molecule has 1 amide bonds. The van der Waals surface area contributed by atoms with Crippen molar-refractivity contribution in [1.82, 2.24) is 10.2 Å². The summed E-state index contributed by atoms with van der Waals surface area (Å²) in [6, 6.07) is 0.256. The number of nitrogens with one attached hydrogen (secondary N) is 1. The third-order valence-corrected chi connectivity index (χ3v) is 4.83. The Bertz CT molecular complexity index is 289. The van der Waals surface area contributed by atoms with E-state index in [9.17, 15) is 4.79 Å². The van der Waals surface area contributed by atoms with E-state index in [4.69, 9.17) is 5.73 Å². The highest BCUT2D eigenvalue weighted by atomic mass is 16.2. The number of nitrogens with two attached hydrogens (primary N) is 1. The number of carbonyl (C=O) groups is 1. The van der Waals surface area contributed by atoms with Crippen LogP contribution >= 0.6 is 0 Å². The van der Waals surface area contributed by atoms with Crippen LogP contribution in [0.15, 0.2) is 0 Å². The van der Waals surface area contributed by atoms with Crippen molar-refractivity contribution < 1.29 is 4.79 Å². The minimum absolute atomic E-state index is 0.256. The third-order valence-electron chi connectivity index (χ3n) is 4.83. The third kappa shape index (κ3) is 2.54. The highest BCUT2D eigenvalue weighted by molar-refractivity contribution is 5.86. The van der Waals surface area contributed by atoms with E-state index in [-0.39, 0.29) is 11.6 Å². The van der Waals surface area contributed by atoms with Gasteiger partial charge in [0.15, 0.2) is 0 Å². The lowest BCUT2D eigenvalue weighted by molar-refractivity contribution is -0.139. The van der Waals surface area contributed by atoms with E-state index in [0.29, 0.717) is 11.8 Å². The molecule has 0 aromatic carbocycles. The Morgan fingerprint density at radius 2 is 2.17 bits per heavy atom. The predicted octanol–water partition coefficient (Wildman–Crippen LogP) is 1.10. The van der Waals surface area contributed by atoms with Crippen molar-refractivity contribution in [3.8, 4) is 0 Å². The first-order valence-corrected chi connectivity index (χ1v) is 7.39. The van der Waals surface area contributed by atoms with Gasteiger partial charge in [-0.05, 0) is 51.5 Å². The Morgan fingerprint density at radius 1 is 1.50 bits per heavy atom. The number of nitrogens with zero attached hydrogens (tertiary/aromatic N) is 1. The molecule has 2 rings (SSSR count). The van der Waals surface area contributed by atoms with Crippen LogP contribution in [0.2, 0.25) is 0 Å². The highest BCUT2D eigenvalue weighted by Crippen LogP contribution is 2.28. The standard InChI is InChI=1S/C14H27N3O/c1-3-14(7-4-8-16-14)13(18)17-9-5-12(6-10-17)11(2)15/h11-12,16H,3-10,15H2,1-2H3. The largest absolute Gasteiger partial charge is 0.341 e. The van der Waals surface area contributed by atoms with E-state index in [1.54, 1.807) is 0 Å². The number of rotatable bonds is 3. The number of piperidine rings is 1. The van der Waals surface area contributed by atoms with Crippen molar-refractivity contribution in [3.05, 3.63) is 0 Å². The molecule has 2 saturated heterocycles. The van der Waals surface area contributed by atoms with Crippen molar-refractivity contribution >= 4 is 5.91 Å². The molecule has 2 unspecified atom stereocenters. The van der Waals surface area contributed by atoms with Gasteiger partial charge >= 0.3 is 0 Å². The number of amides is 1. The summed E-state index contributed by atoms with van der Waals surface area (Å²) >= 11 is 0. The van der Waals surface area contributed by atoms with E-state index < -0.39 is 0 Å². The van der Waals surface area contributed by atoms with Gasteiger partial charge in [0.1, 0.15) is 0 Å². The SMILES string of the molecule is CCC1(C(=O)N2CCC(C(C)N)CC2)CCCN1. The fourth-order valence-electron chi connectivity index (χ4n) is 3.37. The van der Waals surface area contributed by atoms with Gasteiger partial charge in [0, 0.05) is 19.1 Å². The van der Waals surface area contributed by atoms with Crippen LogP contribution in [0.5, 0.6) is 0 Å². The monoisotopic (exact) mass is 253 g/mol. The van der Waals surface area contributed by atoms with Gasteiger partial charge in [0.2, 0.25) is 5.91 Å². The van der Waals surface area contributed by atoms with Crippen molar-refractivity contribution in [3.63, 3.8) is 0 Å². The normalized spacial score (nSPS) is 31.6. The zero-order valence-electron chi connectivity index (χ0n) is 11.7. The first-order chi connectivity index (χ1) is 8.59. The van der Waals surface area contributed by atoms with E-state index in [1.807, 2.05) is 0 Å². The predicted molar refractivity (Wildman–Crippen MR) is 73.2 cm³/mol. The van der Waals surface area contributed by atoms with Crippen molar-refractivity contribution in [1.29, 1.82) is 0 Å². The average molecular weight is 253 g/mol. The average Bonchev–Trinajstić information content (AvgIpc) is 2.88. The van der Waals surface area contributed by atoms with Crippen LogP contribution in [-0.4, -0.2) is 42.0 Å². The van der Waals surface area contributed by atoms with Crippen LogP contribution < -0.4 is 11.1 Å². The minimum atomic E-state index is -0.263. The molecule has 2 aliphatic heterocycles. The molecular formula is C14H27N3O. The van der Waals surface area contributed by atoms with Gasteiger partial charge in [-0.15, -0.1) is 0 Å². The van der Waals surface area contributed by atoms with E-state index in [0.717, 1.165) is 51.7 Å². The molecule has 2 fully saturated rings. The molecule has 4 heteroatoms. The molecule has 104 valence electrons. The molecule has 0 aromatic heterocycles. The van der Waals surface area contributed by atoms with Gasteiger partial charge in [-0.25, -0.2) is 0 Å². The van der Waals surface area contributed by atoms with E-state index >= 15 is 0 Å². The van der Waals surface area contributed by atoms with Gasteiger partial charge < -0.3 is 16.0 Å². The first-order valence-electron chi connectivity index (χ1n) is 7.39. The summed E-state index contributed by atoms with van der Waals surface area (Å²) in [4.78, 5) is 14.7. The molecule has 2 atom stereocenters. The van der Waals surface area contributed by atoms with Crippen LogP contribution in [0.1, 0.15) is 46.0 Å². The summed E-state index contributed by atoms with van der Waals surface area (Å²) in [7, 11) is 0. The molecule has 0 bridgehead atoms. The molecule has 0 spiro atoms. The van der Waals surface area contributed by atoms with E-state index in [2.05, 4.69) is 24.1 Å². The fourth-order valence-corrected chi connectivity index (χ4v) is 3.37. The zero-order valence-corrected chi connectivity index (χ0v) is 11.7. The summed E-state index contributed by atoms with van der Waals surface area (Å²) in [6.07, 6.45) is 5.14. The van der Waals surface area contributed by atoms with Crippen molar-refractivity contribution in [2.75, 3.05) is 19.6 Å². The van der Waals surface area contributed by atoms with E-state index in [1.165, 1.54) is 0 Å². The molecule has 18 heavy (non-hydrogen) atoms. The lowest BCUT2D eigenvalue weighted by Crippen LogP contribution is -2.56. The van der Waals surface area contributed by atoms with Crippen LogP contribution in [0, 0.1) is 5.92 Å². The molecule has 3 N–H and O–H groups in total. The van der Waals surface area contributed by atoms with Crippen LogP contribution in [0.25, 0.3) is 0 Å². The lowest BCUT2D eigenvalue weighted by Gasteiger charge is -2.39. The Morgan fingerprint density at radius 3 is 2.61 bits per heavy atom. The Kier molecular flexibility index (Phi) is 4.28. The van der Waals surface area contributed by atoms with Crippen LogP contribution in [0.4, 0.5) is 0 Å². The fraction of sp³-hybridized carbons (Fsp3) is 0.929. The van der Waals surface area contributed by atoms with Gasteiger partial charge in [-0.3, -0.25) is 4.79 Å². The molecule has 0 radical (unpaired) electrons. The summed E-state index contributed by atoms with van der Waals surface area (Å²) < 4.78 is 0. The van der Waals surface area contributed by atoms with Gasteiger partial charge in [-0.2, -0.15) is 0 Å². The maximum Gasteiger partial charge on any atom is 0.242 e. The van der Waals surface area contributed by atoms with Gasteiger partial charge in [-0.1, -0.05) is 6.92 Å². The smallest absolute Gasteiger partial charge is 0.242 e. The topological polar surface area (TPSA) is 58.4 Å². The van der Waals surface area contributed by atoms with Crippen LogP contribution in [0.3, 0.4) is 0 Å². The number of hydrogen-bond donors (Lipinski definition) is 2. The van der Waals surface area contributed by atoms with Crippen molar-refractivity contribution in [2.45, 2.75) is 57.5 Å². The number of hydrogen-bond acceptors (Lipinski definition) is 3. The maximum atomic E-state index is 12.7. The van der Waals surface area contributed by atoms with Crippen molar-refractivity contribution in [2.24, 2.45) is 11.7 Å². The summed E-state index contributed by atoms with van der Waals surface area (Å²) in [5.74, 6) is 0.911. The number of likely N-dealkylation sites (tertiary alicyclic amines) is 1. The summed E-state index contributed by atoms with van der Waals surface area (Å²) in [5.41, 5.74) is 5.68. The molecule has 2 aliphatic rings. The second-order valence-electron chi connectivity index (χ2n) is 5.95. The Hall–Kier alpha value is -0.610. The second kappa shape index (κ2) is 5.57. The Labute approximate surface area is 110 Å². The molecule has 4 nitrogen and oxygen atoms in total. The second-order valence-corrected chi connectivity index (χ2v) is 5.95. The quantitative estimate of drug-likeness (QED) is 0.792. The Balaban J connectivity index is 1.94. The zero-order chi connectivity index (χ0) is 13.2. The molecule has 0 saturated carbocycles.